The van der Waals surface area contributed by atoms with E-state index in [2.05, 4.69) is 17.5 Å². The van der Waals surface area contributed by atoms with Crippen molar-refractivity contribution in [2.24, 2.45) is 0 Å². The molecule has 0 aromatic rings. The van der Waals surface area contributed by atoms with Gasteiger partial charge in [0.2, 0.25) is 0 Å². The van der Waals surface area contributed by atoms with Crippen molar-refractivity contribution >= 4 is 23.6 Å². The third-order valence-corrected chi connectivity index (χ3v) is 6.65. The smallest absolute Gasteiger partial charge is 0.345 e. The van der Waals surface area contributed by atoms with Crippen LogP contribution < -0.4 is 5.32 Å². The van der Waals surface area contributed by atoms with Gasteiger partial charge in [-0.2, -0.15) is 0 Å². The van der Waals surface area contributed by atoms with E-state index in [0.717, 1.165) is 35.4 Å². The van der Waals surface area contributed by atoms with Gasteiger partial charge in [-0.05, 0) is 49.0 Å². The number of carbonyl (C=O) groups excluding carboxylic acids is 4. The maximum atomic E-state index is 13.6. The molecule has 2 N–H and O–H groups in total. The second-order valence-electron chi connectivity index (χ2n) is 8.77. The van der Waals surface area contributed by atoms with Gasteiger partial charge in [-0.1, -0.05) is 19.1 Å². The van der Waals surface area contributed by atoms with Crippen LogP contribution in [0.15, 0.2) is 57.6 Å². The molecule has 0 aromatic carbocycles. The lowest BCUT2D eigenvalue weighted by Gasteiger charge is -2.41. The van der Waals surface area contributed by atoms with Crippen LogP contribution in [-0.4, -0.2) is 52.1 Å². The van der Waals surface area contributed by atoms with E-state index in [4.69, 9.17) is 9.47 Å². The van der Waals surface area contributed by atoms with Crippen molar-refractivity contribution in [2.45, 2.75) is 57.8 Å². The maximum Gasteiger partial charge on any atom is 0.345 e. The Morgan fingerprint density at radius 1 is 1.36 bits per heavy atom. The van der Waals surface area contributed by atoms with Crippen LogP contribution in [0, 0.1) is 0 Å². The van der Waals surface area contributed by atoms with E-state index >= 15 is 0 Å². The molecule has 0 aromatic heterocycles. The molecule has 0 fully saturated rings. The van der Waals surface area contributed by atoms with Crippen molar-refractivity contribution < 1.29 is 33.8 Å². The molecule has 0 spiro atoms. The lowest BCUT2D eigenvalue weighted by atomic mass is 9.79. The first-order valence-corrected chi connectivity index (χ1v) is 11.0. The molecule has 9 heteroatoms. The minimum absolute atomic E-state index is 0.00903. The summed E-state index contributed by atoms with van der Waals surface area (Å²) in [7, 11) is 0. The number of hydrogen-bond acceptors (Lipinski definition) is 8. The number of fused-ring (bicyclic) bond motifs is 2. The molecule has 172 valence electrons. The SMILES string of the molecule is CC[C@@]1(O)C(=O)OC(OC(=O)CC(C)=O)C2=C1CC1=C3NC4=C(C=CCC4)C=C3CN1C2=O. The van der Waals surface area contributed by atoms with Crippen LogP contribution in [0.2, 0.25) is 0 Å². The zero-order chi connectivity index (χ0) is 23.5. The summed E-state index contributed by atoms with van der Waals surface area (Å²) in [6, 6.07) is 0. The van der Waals surface area contributed by atoms with Crippen molar-refractivity contribution in [3.63, 3.8) is 0 Å². The molecule has 1 amide bonds. The molecule has 0 saturated carbocycles. The Labute approximate surface area is 190 Å². The minimum atomic E-state index is -2.01. The highest BCUT2D eigenvalue weighted by Crippen LogP contribution is 2.46. The van der Waals surface area contributed by atoms with Gasteiger partial charge in [0, 0.05) is 17.8 Å². The molecular weight excluding hydrogens is 428 g/mol. The number of dihydropyridines is 1. The summed E-state index contributed by atoms with van der Waals surface area (Å²) in [6.45, 7) is 3.16. The first kappa shape index (κ1) is 21.4. The van der Waals surface area contributed by atoms with Gasteiger partial charge in [0.1, 0.15) is 17.8 Å². The molecule has 33 heavy (non-hydrogen) atoms. The van der Waals surface area contributed by atoms with E-state index in [9.17, 15) is 24.3 Å². The predicted octanol–water partition coefficient (Wildman–Crippen LogP) is 1.42. The van der Waals surface area contributed by atoms with E-state index in [0.29, 0.717) is 12.2 Å². The van der Waals surface area contributed by atoms with Crippen molar-refractivity contribution in [1.82, 2.24) is 10.2 Å². The monoisotopic (exact) mass is 452 g/mol. The topological polar surface area (TPSA) is 122 Å². The molecule has 1 aliphatic carbocycles. The highest BCUT2D eigenvalue weighted by Gasteiger charge is 2.55. The lowest BCUT2D eigenvalue weighted by molar-refractivity contribution is -0.199. The van der Waals surface area contributed by atoms with Gasteiger partial charge < -0.3 is 24.8 Å². The summed E-state index contributed by atoms with van der Waals surface area (Å²) >= 11 is 0. The fourth-order valence-electron chi connectivity index (χ4n) is 4.94. The normalized spacial score (nSPS) is 27.9. The molecule has 9 nitrogen and oxygen atoms in total. The van der Waals surface area contributed by atoms with E-state index in [1.807, 2.05) is 6.08 Å². The number of aliphatic hydroxyl groups is 1. The summed E-state index contributed by atoms with van der Waals surface area (Å²) in [6.07, 6.45) is 5.98. The number of amides is 1. The standard InChI is InChI=1S/C24H24N2O7/c1-3-24(31)15-10-17-20-14(9-13-6-4-5-7-16(13)25-20)11-26(17)21(29)19(15)22(33-23(24)30)32-18(28)8-12(2)27/h4,6,9,22,25,31H,3,5,7-8,10-11H2,1-2H3/t22?,24-/m0/s1. The Bertz CT molecular complexity index is 1170. The highest BCUT2D eigenvalue weighted by molar-refractivity contribution is 6.03. The average molecular weight is 452 g/mol. The predicted molar refractivity (Wildman–Crippen MR) is 114 cm³/mol. The first-order valence-electron chi connectivity index (χ1n) is 11.0. The molecule has 2 atom stereocenters. The number of nitrogens with one attached hydrogen (secondary N) is 1. The number of nitrogens with zero attached hydrogens (tertiary/aromatic N) is 1. The quantitative estimate of drug-likeness (QED) is 0.485. The van der Waals surface area contributed by atoms with Crippen molar-refractivity contribution in [2.75, 3.05) is 6.54 Å². The summed E-state index contributed by atoms with van der Waals surface area (Å²) in [5.74, 6) is -2.81. The number of rotatable bonds is 4. The van der Waals surface area contributed by atoms with Gasteiger partial charge in [0.25, 0.3) is 12.2 Å². The molecule has 4 heterocycles. The lowest BCUT2D eigenvalue weighted by Crippen LogP contribution is -2.54. The van der Waals surface area contributed by atoms with E-state index < -0.39 is 41.9 Å². The largest absolute Gasteiger partial charge is 0.420 e. The zero-order valence-corrected chi connectivity index (χ0v) is 18.4. The third kappa shape index (κ3) is 3.26. The number of esters is 2. The minimum Gasteiger partial charge on any atom is -0.420 e. The number of Topliss-reactive ketones (excluding diaryl/α,β-unsaturated/α-hetero) is 1. The molecule has 0 saturated heterocycles. The van der Waals surface area contributed by atoms with Crippen LogP contribution >= 0.6 is 0 Å². The van der Waals surface area contributed by atoms with E-state index in [-0.39, 0.29) is 24.0 Å². The van der Waals surface area contributed by atoms with E-state index in [1.54, 1.807) is 11.8 Å². The summed E-state index contributed by atoms with van der Waals surface area (Å²) in [5.41, 5.74) is 2.67. The zero-order valence-electron chi connectivity index (χ0n) is 18.4. The molecule has 5 rings (SSSR count). The molecule has 4 aliphatic heterocycles. The number of ketones is 1. The number of ether oxygens (including phenoxy) is 2. The average Bonchev–Trinajstić information content (AvgIpc) is 3.13. The summed E-state index contributed by atoms with van der Waals surface area (Å²) < 4.78 is 10.4. The van der Waals surface area contributed by atoms with Gasteiger partial charge in [0.15, 0.2) is 5.60 Å². The van der Waals surface area contributed by atoms with Gasteiger partial charge in [-0.3, -0.25) is 14.4 Å². The van der Waals surface area contributed by atoms with Crippen LogP contribution in [0.25, 0.3) is 0 Å². The van der Waals surface area contributed by atoms with Gasteiger partial charge in [-0.25, -0.2) is 4.79 Å². The van der Waals surface area contributed by atoms with Crippen LogP contribution in [0.5, 0.6) is 0 Å². The van der Waals surface area contributed by atoms with Gasteiger partial charge >= 0.3 is 11.9 Å². The fourth-order valence-corrected chi connectivity index (χ4v) is 4.94. The van der Waals surface area contributed by atoms with Gasteiger partial charge in [0.05, 0.1) is 12.2 Å². The Balaban J connectivity index is 1.56. The Morgan fingerprint density at radius 2 is 2.15 bits per heavy atom. The first-order chi connectivity index (χ1) is 15.7. The fraction of sp³-hybridized carbons (Fsp3) is 0.417. The molecule has 5 aliphatic rings. The number of cyclic esters (lactones) is 1. The van der Waals surface area contributed by atoms with Crippen molar-refractivity contribution in [3.8, 4) is 0 Å². The van der Waals surface area contributed by atoms with Crippen LogP contribution in [0.1, 0.15) is 46.0 Å². The van der Waals surface area contributed by atoms with Gasteiger partial charge in [-0.15, -0.1) is 0 Å². The number of carbonyl (C=O) groups is 4. The maximum absolute atomic E-state index is 13.6. The Morgan fingerprint density at radius 3 is 2.88 bits per heavy atom. The Hall–Kier alpha value is -3.46. The second kappa shape index (κ2) is 7.55. The summed E-state index contributed by atoms with van der Waals surface area (Å²) in [5, 5.41) is 14.6. The second-order valence-corrected chi connectivity index (χ2v) is 8.77. The number of allylic oxidation sites excluding steroid dienone is 6. The van der Waals surface area contributed by atoms with Crippen molar-refractivity contribution in [3.05, 3.63) is 57.6 Å². The van der Waals surface area contributed by atoms with E-state index in [1.165, 1.54) is 6.92 Å². The molecular formula is C24H24N2O7. The molecule has 0 radical (unpaired) electrons. The highest BCUT2D eigenvalue weighted by atomic mass is 16.7. The van der Waals surface area contributed by atoms with Crippen LogP contribution in [-0.2, 0) is 28.7 Å². The molecule has 1 unspecified atom stereocenters. The van der Waals surface area contributed by atoms with Crippen LogP contribution in [0.3, 0.4) is 0 Å². The van der Waals surface area contributed by atoms with Crippen molar-refractivity contribution in [1.29, 1.82) is 0 Å². The Kier molecular flexibility index (Phi) is 4.89. The van der Waals surface area contributed by atoms with Crippen LogP contribution in [0.4, 0.5) is 0 Å². The summed E-state index contributed by atoms with van der Waals surface area (Å²) in [4.78, 5) is 51.3. The molecule has 0 bridgehead atoms. The third-order valence-electron chi connectivity index (χ3n) is 6.65. The number of hydrogen-bond donors (Lipinski definition) is 2.